The average molecular weight is 355 g/mol. The molecule has 9 heteroatoms. The summed E-state index contributed by atoms with van der Waals surface area (Å²) < 4.78 is 26.4. The fourth-order valence-electron chi connectivity index (χ4n) is 2.30. The highest BCUT2D eigenvalue weighted by atomic mass is 35.5. The molecule has 0 radical (unpaired) electrons. The van der Waals surface area contributed by atoms with E-state index in [0.29, 0.717) is 26.2 Å². The Kier molecular flexibility index (Phi) is 6.17. The predicted molar refractivity (Wildman–Crippen MR) is 87.6 cm³/mol. The molecule has 0 unspecified atom stereocenters. The number of sulfonamides is 1. The average Bonchev–Trinajstić information content (AvgIpc) is 2.75. The lowest BCUT2D eigenvalue weighted by atomic mass is 10.1. The molecule has 6 nitrogen and oxygen atoms in total. The van der Waals surface area contributed by atoms with Crippen LogP contribution in [0.25, 0.3) is 0 Å². The molecule has 0 bridgehead atoms. The lowest BCUT2D eigenvalue weighted by Crippen LogP contribution is -2.54. The monoisotopic (exact) mass is 354 g/mol. The minimum atomic E-state index is -3.43. The highest BCUT2D eigenvalue weighted by Gasteiger charge is 2.31. The second-order valence-corrected chi connectivity index (χ2v) is 8.82. The second kappa shape index (κ2) is 6.89. The fourth-order valence-corrected chi connectivity index (χ4v) is 4.62. The number of hydrogen-bond acceptors (Lipinski definition) is 6. The minimum Gasteiger partial charge on any atom is -0.324 e. The maximum absolute atomic E-state index is 12.4. The zero-order chi connectivity index (χ0) is 15.0. The van der Waals surface area contributed by atoms with E-state index in [2.05, 4.69) is 9.88 Å². The first-order valence-electron chi connectivity index (χ1n) is 6.62. The Balaban J connectivity index is 0.00000220. The van der Waals surface area contributed by atoms with Crippen molar-refractivity contribution in [2.45, 2.75) is 31.3 Å². The van der Waals surface area contributed by atoms with E-state index in [-0.39, 0.29) is 23.0 Å². The number of rotatable bonds is 4. The van der Waals surface area contributed by atoms with E-state index < -0.39 is 10.0 Å². The van der Waals surface area contributed by atoms with Gasteiger partial charge in [0.2, 0.25) is 0 Å². The van der Waals surface area contributed by atoms with Crippen LogP contribution in [0.15, 0.2) is 10.4 Å². The van der Waals surface area contributed by atoms with Gasteiger partial charge in [-0.2, -0.15) is 4.31 Å². The van der Waals surface area contributed by atoms with Crippen molar-refractivity contribution in [2.75, 3.05) is 32.7 Å². The van der Waals surface area contributed by atoms with Crippen molar-refractivity contribution in [3.8, 4) is 0 Å². The summed E-state index contributed by atoms with van der Waals surface area (Å²) in [7, 11) is -3.43. The van der Waals surface area contributed by atoms with Crippen LogP contribution in [-0.4, -0.2) is 60.9 Å². The van der Waals surface area contributed by atoms with Gasteiger partial charge in [-0.15, -0.1) is 23.7 Å². The Morgan fingerprint density at radius 3 is 2.33 bits per heavy atom. The predicted octanol–water partition coefficient (Wildman–Crippen LogP) is 0.917. The Morgan fingerprint density at radius 2 is 1.90 bits per heavy atom. The maximum Gasteiger partial charge on any atom is 0.261 e. The Labute approximate surface area is 136 Å². The topological polar surface area (TPSA) is 79.5 Å². The molecule has 0 spiro atoms. The summed E-state index contributed by atoms with van der Waals surface area (Å²) in [6, 6.07) is 0. The van der Waals surface area contributed by atoms with E-state index in [1.165, 1.54) is 15.6 Å². The highest BCUT2D eigenvalue weighted by molar-refractivity contribution is 7.89. The Hall–Kier alpha value is -0.250. The minimum absolute atomic E-state index is 0. The van der Waals surface area contributed by atoms with Gasteiger partial charge in [0.1, 0.15) is 0 Å². The number of hydrogen-bond donors (Lipinski definition) is 1. The molecule has 2 N–H and O–H groups in total. The number of aryl methyl sites for hydroxylation is 1. The number of nitrogens with two attached hydrogens (primary N) is 1. The molecule has 0 amide bonds. The van der Waals surface area contributed by atoms with Crippen LogP contribution >= 0.6 is 23.7 Å². The molecule has 1 aromatic rings. The van der Waals surface area contributed by atoms with Crippen molar-refractivity contribution >= 4 is 33.8 Å². The Bertz CT molecular complexity index is 560. The zero-order valence-corrected chi connectivity index (χ0v) is 15.0. The number of thiazole rings is 1. The lowest BCUT2D eigenvalue weighted by molar-refractivity contribution is 0.162. The van der Waals surface area contributed by atoms with Gasteiger partial charge in [-0.1, -0.05) is 0 Å². The molecule has 1 aliphatic heterocycles. The quantitative estimate of drug-likeness (QED) is 0.869. The van der Waals surface area contributed by atoms with Crippen LogP contribution in [0.2, 0.25) is 0 Å². The number of piperazine rings is 1. The molecular formula is C12H23ClN4O2S2. The summed E-state index contributed by atoms with van der Waals surface area (Å²) in [5, 5.41) is 2.56. The molecule has 0 saturated carbocycles. The third kappa shape index (κ3) is 4.87. The van der Waals surface area contributed by atoms with Crippen LogP contribution in [0.1, 0.15) is 18.9 Å². The summed E-state index contributed by atoms with van der Waals surface area (Å²) in [5.41, 5.74) is 5.74. The SMILES string of the molecule is Cc1nc(S(=O)(=O)N2CCN(CC(C)(C)N)CC2)cs1.Cl. The van der Waals surface area contributed by atoms with Crippen LogP contribution in [-0.2, 0) is 10.0 Å². The van der Waals surface area contributed by atoms with Crippen LogP contribution in [0.3, 0.4) is 0 Å². The molecule has 0 aliphatic carbocycles. The first kappa shape index (κ1) is 18.8. The first-order valence-corrected chi connectivity index (χ1v) is 8.94. The van der Waals surface area contributed by atoms with E-state index >= 15 is 0 Å². The van der Waals surface area contributed by atoms with Crippen LogP contribution < -0.4 is 5.73 Å². The number of nitrogens with zero attached hydrogens (tertiary/aromatic N) is 3. The number of aromatic nitrogens is 1. The van der Waals surface area contributed by atoms with Gasteiger partial charge in [-0.3, -0.25) is 4.90 Å². The van der Waals surface area contributed by atoms with Crippen molar-refractivity contribution < 1.29 is 8.42 Å². The van der Waals surface area contributed by atoms with Gasteiger partial charge < -0.3 is 5.73 Å². The van der Waals surface area contributed by atoms with E-state index in [1.54, 1.807) is 5.38 Å². The molecule has 0 aromatic carbocycles. The van der Waals surface area contributed by atoms with Gasteiger partial charge >= 0.3 is 0 Å². The molecular weight excluding hydrogens is 332 g/mol. The van der Waals surface area contributed by atoms with Gasteiger partial charge in [0.15, 0.2) is 5.03 Å². The summed E-state index contributed by atoms with van der Waals surface area (Å²) in [5.74, 6) is 0. The van der Waals surface area contributed by atoms with Crippen molar-refractivity contribution in [3.05, 3.63) is 10.4 Å². The largest absolute Gasteiger partial charge is 0.324 e. The second-order valence-electron chi connectivity index (χ2n) is 5.87. The molecule has 1 aromatic heterocycles. The molecule has 21 heavy (non-hydrogen) atoms. The third-order valence-corrected chi connectivity index (χ3v) is 5.87. The van der Waals surface area contributed by atoms with Gasteiger partial charge in [0.25, 0.3) is 10.0 Å². The molecule has 1 aliphatic rings. The van der Waals surface area contributed by atoms with Gasteiger partial charge in [-0.25, -0.2) is 13.4 Å². The van der Waals surface area contributed by atoms with Crippen molar-refractivity contribution in [2.24, 2.45) is 5.73 Å². The smallest absolute Gasteiger partial charge is 0.261 e. The zero-order valence-electron chi connectivity index (χ0n) is 12.6. The third-order valence-electron chi connectivity index (χ3n) is 3.16. The van der Waals surface area contributed by atoms with Crippen molar-refractivity contribution in [3.63, 3.8) is 0 Å². The summed E-state index contributed by atoms with van der Waals surface area (Å²) in [4.78, 5) is 6.30. The van der Waals surface area contributed by atoms with Crippen LogP contribution in [0, 0.1) is 6.92 Å². The van der Waals surface area contributed by atoms with Crippen LogP contribution in [0.5, 0.6) is 0 Å². The summed E-state index contributed by atoms with van der Waals surface area (Å²) in [6.07, 6.45) is 0. The molecule has 1 saturated heterocycles. The standard InChI is InChI=1S/C12H22N4O2S2.ClH/c1-10-14-11(8-19-10)20(17,18)16-6-4-15(5-7-16)9-12(2,3)13;/h8H,4-7,9,13H2,1-3H3;1H. The maximum atomic E-state index is 12.4. The molecule has 1 fully saturated rings. The summed E-state index contributed by atoms with van der Waals surface area (Å²) in [6.45, 7) is 8.96. The van der Waals surface area contributed by atoms with Gasteiger partial charge in [0.05, 0.1) is 5.01 Å². The van der Waals surface area contributed by atoms with Crippen molar-refractivity contribution in [1.29, 1.82) is 0 Å². The van der Waals surface area contributed by atoms with E-state index in [0.717, 1.165) is 11.6 Å². The van der Waals surface area contributed by atoms with Crippen molar-refractivity contribution in [1.82, 2.24) is 14.2 Å². The van der Waals surface area contributed by atoms with E-state index in [9.17, 15) is 8.42 Å². The lowest BCUT2D eigenvalue weighted by Gasteiger charge is -2.36. The normalized spacial score (nSPS) is 18.5. The molecule has 2 rings (SSSR count). The van der Waals surface area contributed by atoms with Gasteiger partial charge in [-0.05, 0) is 20.8 Å². The Morgan fingerprint density at radius 1 is 1.33 bits per heavy atom. The van der Waals surface area contributed by atoms with Crippen LogP contribution in [0.4, 0.5) is 0 Å². The number of halogens is 1. The van der Waals surface area contributed by atoms with E-state index in [4.69, 9.17) is 5.73 Å². The molecule has 0 atom stereocenters. The summed E-state index contributed by atoms with van der Waals surface area (Å²) >= 11 is 1.36. The van der Waals surface area contributed by atoms with Gasteiger partial charge in [0, 0.05) is 43.6 Å². The first-order chi connectivity index (χ1) is 9.18. The fraction of sp³-hybridized carbons (Fsp3) is 0.750. The van der Waals surface area contributed by atoms with E-state index in [1.807, 2.05) is 20.8 Å². The molecule has 2 heterocycles. The molecule has 122 valence electrons. The highest BCUT2D eigenvalue weighted by Crippen LogP contribution is 2.20.